The number of carbonyl (C=O) groups excluding carboxylic acids is 1. The number of halogens is 3. The lowest BCUT2D eigenvalue weighted by Crippen LogP contribution is -2.58. The third kappa shape index (κ3) is 6.90. The Bertz CT molecular complexity index is 1490. The molecule has 0 bridgehead atoms. The van der Waals surface area contributed by atoms with E-state index in [0.29, 0.717) is 48.5 Å². The van der Waals surface area contributed by atoms with E-state index in [2.05, 4.69) is 18.4 Å². The average Bonchev–Trinajstić information content (AvgIpc) is 3.70. The molecule has 44 heavy (non-hydrogen) atoms. The van der Waals surface area contributed by atoms with Gasteiger partial charge in [0, 0.05) is 41.2 Å². The van der Waals surface area contributed by atoms with Crippen LogP contribution in [0.2, 0.25) is 10.0 Å². The number of hydrogen-bond acceptors (Lipinski definition) is 4. The van der Waals surface area contributed by atoms with Gasteiger partial charge in [-0.15, -0.1) is 0 Å². The Morgan fingerprint density at radius 3 is 2.43 bits per heavy atom. The highest BCUT2D eigenvalue weighted by Crippen LogP contribution is 2.47. The van der Waals surface area contributed by atoms with Crippen LogP contribution in [0.15, 0.2) is 66.8 Å². The van der Waals surface area contributed by atoms with Gasteiger partial charge in [-0.2, -0.15) is 0 Å². The van der Waals surface area contributed by atoms with Crippen molar-refractivity contribution < 1.29 is 23.8 Å². The standard InChI is InChI=1S/C35H39Cl2FN2O4/c1-5-6-7-8-21(2)31(24-13-25(36)15-26(37)14-24)39-18-35(4,19-39)20-44-30-17-29(38)28(16-27(30)23-9-10-23)33(41)40-12-11-22(3)32(40)34(42)43/h5-8,13-17,22-23,31-32H,2,9-12,18-20H2,1,3-4H3,(H,42,43)/b6-5-,8-7-/t22-,31-,32-/m0/s1. The maximum Gasteiger partial charge on any atom is 0.326 e. The number of carboxylic acids is 1. The number of benzene rings is 2. The Labute approximate surface area is 268 Å². The van der Waals surface area contributed by atoms with Gasteiger partial charge < -0.3 is 14.7 Å². The van der Waals surface area contributed by atoms with E-state index in [0.717, 1.165) is 29.5 Å². The number of hydrogen-bond donors (Lipinski definition) is 1. The summed E-state index contributed by atoms with van der Waals surface area (Å²) in [6.45, 7) is 12.3. The zero-order valence-electron chi connectivity index (χ0n) is 25.4. The van der Waals surface area contributed by atoms with Crippen LogP contribution in [0.3, 0.4) is 0 Å². The van der Waals surface area contributed by atoms with Gasteiger partial charge in [-0.05, 0) is 79.0 Å². The molecule has 2 aromatic carbocycles. The zero-order valence-corrected chi connectivity index (χ0v) is 26.9. The van der Waals surface area contributed by atoms with Gasteiger partial charge >= 0.3 is 5.97 Å². The first-order valence-electron chi connectivity index (χ1n) is 15.1. The summed E-state index contributed by atoms with van der Waals surface area (Å²) in [5.41, 5.74) is 2.37. The lowest BCUT2D eigenvalue weighted by molar-refractivity contribution is -0.142. The van der Waals surface area contributed by atoms with Gasteiger partial charge in [0.1, 0.15) is 17.6 Å². The number of aliphatic carboxylic acids is 1. The SMILES string of the molecule is C=C(/C=C\C=C/C)[C@@H](c1cc(Cl)cc(Cl)c1)N1CC(C)(COc2cc(F)c(C(=O)N3CC[C@H](C)[C@H]3C(=O)O)cc2C2CC2)C1. The highest BCUT2D eigenvalue weighted by molar-refractivity contribution is 6.34. The molecule has 2 saturated heterocycles. The van der Waals surface area contributed by atoms with Gasteiger partial charge in [0.15, 0.2) is 0 Å². The van der Waals surface area contributed by atoms with Crippen molar-refractivity contribution in [3.8, 4) is 5.75 Å². The van der Waals surface area contributed by atoms with Crippen molar-refractivity contribution in [2.24, 2.45) is 11.3 Å². The third-order valence-corrected chi connectivity index (χ3v) is 9.27. The van der Waals surface area contributed by atoms with E-state index >= 15 is 4.39 Å². The lowest BCUT2D eigenvalue weighted by Gasteiger charge is -2.51. The minimum atomic E-state index is -1.06. The monoisotopic (exact) mass is 640 g/mol. The van der Waals surface area contributed by atoms with Gasteiger partial charge in [-0.3, -0.25) is 9.69 Å². The first-order valence-corrected chi connectivity index (χ1v) is 15.8. The molecular formula is C35H39Cl2FN2O4. The predicted octanol–water partition coefficient (Wildman–Crippen LogP) is 8.08. The first kappa shape index (κ1) is 32.3. The predicted molar refractivity (Wildman–Crippen MR) is 172 cm³/mol. The Balaban J connectivity index is 1.31. The van der Waals surface area contributed by atoms with Crippen molar-refractivity contribution in [3.63, 3.8) is 0 Å². The maximum absolute atomic E-state index is 15.5. The second-order valence-corrected chi connectivity index (χ2v) is 13.6. The fourth-order valence-electron chi connectivity index (χ4n) is 6.51. The quantitative estimate of drug-likeness (QED) is 0.251. The Kier molecular flexibility index (Phi) is 9.59. The molecule has 2 heterocycles. The summed E-state index contributed by atoms with van der Waals surface area (Å²) in [7, 11) is 0. The van der Waals surface area contributed by atoms with E-state index in [1.54, 1.807) is 19.1 Å². The molecule has 2 aliphatic heterocycles. The summed E-state index contributed by atoms with van der Waals surface area (Å²) in [4.78, 5) is 28.8. The van der Waals surface area contributed by atoms with E-state index in [1.807, 2.05) is 43.4 Å². The highest BCUT2D eigenvalue weighted by Gasteiger charge is 2.44. The molecule has 9 heteroatoms. The molecule has 1 aliphatic carbocycles. The van der Waals surface area contributed by atoms with Crippen LogP contribution in [0, 0.1) is 17.2 Å². The van der Waals surface area contributed by atoms with E-state index in [1.165, 1.54) is 11.0 Å². The van der Waals surface area contributed by atoms with Crippen LogP contribution in [0.25, 0.3) is 0 Å². The van der Waals surface area contributed by atoms with E-state index in [-0.39, 0.29) is 28.9 Å². The van der Waals surface area contributed by atoms with Gasteiger partial charge in [0.2, 0.25) is 0 Å². The molecule has 0 spiro atoms. The van der Waals surface area contributed by atoms with Gasteiger partial charge in [0.25, 0.3) is 5.91 Å². The Morgan fingerprint density at radius 1 is 1.14 bits per heavy atom. The van der Waals surface area contributed by atoms with Crippen molar-refractivity contribution >= 4 is 35.1 Å². The molecule has 0 aromatic heterocycles. The van der Waals surface area contributed by atoms with Crippen molar-refractivity contribution in [3.05, 3.63) is 99.3 Å². The van der Waals surface area contributed by atoms with Crippen molar-refractivity contribution in [1.29, 1.82) is 0 Å². The van der Waals surface area contributed by atoms with Gasteiger partial charge in [0.05, 0.1) is 18.2 Å². The van der Waals surface area contributed by atoms with Crippen molar-refractivity contribution in [1.82, 2.24) is 9.80 Å². The molecule has 2 aromatic rings. The summed E-state index contributed by atoms with van der Waals surface area (Å²) in [6.07, 6.45) is 10.3. The third-order valence-electron chi connectivity index (χ3n) is 8.84. The van der Waals surface area contributed by atoms with Crippen molar-refractivity contribution in [2.45, 2.75) is 58.0 Å². The topological polar surface area (TPSA) is 70.1 Å². The Hall–Kier alpha value is -3.13. The maximum atomic E-state index is 15.5. The minimum Gasteiger partial charge on any atom is -0.493 e. The summed E-state index contributed by atoms with van der Waals surface area (Å²) in [5.74, 6) is -1.88. The summed E-state index contributed by atoms with van der Waals surface area (Å²) >= 11 is 12.7. The van der Waals surface area contributed by atoms with Gasteiger partial charge in [-0.1, -0.05) is 67.9 Å². The van der Waals surface area contributed by atoms with Crippen molar-refractivity contribution in [2.75, 3.05) is 26.2 Å². The molecule has 6 nitrogen and oxygen atoms in total. The van der Waals surface area contributed by atoms with Crippen LogP contribution in [0.4, 0.5) is 4.39 Å². The fraction of sp³-hybridized carbons (Fsp3) is 0.429. The van der Waals surface area contributed by atoms with E-state index < -0.39 is 23.7 Å². The molecule has 3 aliphatic rings. The molecule has 0 radical (unpaired) electrons. The summed E-state index contributed by atoms with van der Waals surface area (Å²) < 4.78 is 21.8. The smallest absolute Gasteiger partial charge is 0.326 e. The number of nitrogens with zero attached hydrogens (tertiary/aromatic N) is 2. The van der Waals surface area contributed by atoms with Crippen LogP contribution in [-0.4, -0.2) is 59.1 Å². The normalized spacial score (nSPS) is 22.4. The Morgan fingerprint density at radius 2 is 1.82 bits per heavy atom. The molecule has 3 fully saturated rings. The lowest BCUT2D eigenvalue weighted by atomic mass is 9.79. The molecule has 1 N–H and O–H groups in total. The minimum absolute atomic E-state index is 0.0897. The van der Waals surface area contributed by atoms with E-state index in [4.69, 9.17) is 27.9 Å². The van der Waals surface area contributed by atoms with E-state index in [9.17, 15) is 14.7 Å². The van der Waals surface area contributed by atoms with Crippen LogP contribution in [0.5, 0.6) is 5.75 Å². The molecule has 5 rings (SSSR count). The molecule has 234 valence electrons. The molecule has 0 unspecified atom stereocenters. The van der Waals surface area contributed by atoms with Crippen LogP contribution >= 0.6 is 23.2 Å². The van der Waals surface area contributed by atoms with Crippen LogP contribution in [-0.2, 0) is 4.79 Å². The number of amides is 1. The summed E-state index contributed by atoms with van der Waals surface area (Å²) in [5, 5.41) is 10.8. The van der Waals surface area contributed by atoms with Gasteiger partial charge in [-0.25, -0.2) is 9.18 Å². The number of carboxylic acid groups (broad SMARTS) is 1. The number of carbonyl (C=O) groups is 2. The number of rotatable bonds is 11. The van der Waals surface area contributed by atoms with Crippen LogP contribution < -0.4 is 4.74 Å². The first-order chi connectivity index (χ1) is 20.9. The number of allylic oxidation sites excluding steroid dienone is 3. The number of likely N-dealkylation sites (tertiary alicyclic amines) is 2. The second-order valence-electron chi connectivity index (χ2n) is 12.8. The summed E-state index contributed by atoms with van der Waals surface area (Å²) in [6, 6.07) is 7.34. The number of ether oxygens (including phenoxy) is 1. The molecular weight excluding hydrogens is 602 g/mol. The molecule has 1 amide bonds. The largest absolute Gasteiger partial charge is 0.493 e. The molecule has 1 saturated carbocycles. The second kappa shape index (κ2) is 13.1. The average molecular weight is 642 g/mol. The molecule has 3 atom stereocenters. The fourth-order valence-corrected chi connectivity index (χ4v) is 7.06. The van der Waals surface area contributed by atoms with Crippen LogP contribution in [0.1, 0.15) is 73.5 Å². The zero-order chi connectivity index (χ0) is 31.8. The highest BCUT2D eigenvalue weighted by atomic mass is 35.5.